The quantitative estimate of drug-likeness (QED) is 0.715. The smallest absolute Gasteiger partial charge is 0.332 e. The van der Waals surface area contributed by atoms with E-state index in [1.54, 1.807) is 31.2 Å². The van der Waals surface area contributed by atoms with Crippen molar-refractivity contribution in [2.24, 2.45) is 5.92 Å². The van der Waals surface area contributed by atoms with Crippen LogP contribution in [0.4, 0.5) is 0 Å². The minimum absolute atomic E-state index is 0.234. The molecule has 0 saturated carbocycles. The van der Waals surface area contributed by atoms with Gasteiger partial charge in [-0.2, -0.15) is 0 Å². The first kappa shape index (κ1) is 19.6. The molecule has 28 heavy (non-hydrogen) atoms. The largest absolute Gasteiger partial charge is 0.354 e. The zero-order chi connectivity index (χ0) is 20.3. The predicted molar refractivity (Wildman–Crippen MR) is 111 cm³/mol. The van der Waals surface area contributed by atoms with Crippen LogP contribution < -0.4 is 16.6 Å². The molecule has 0 spiro atoms. The number of para-hydroxylation sites is 1. The highest BCUT2D eigenvalue weighted by Gasteiger charge is 2.27. The SMILES string of the molecule is CCn1c(=O)c2ccccc2n([C@@H](C(=O)NCC(C)C)c2ccccc2)c1=O. The van der Waals surface area contributed by atoms with Crippen molar-refractivity contribution in [1.82, 2.24) is 14.5 Å². The summed E-state index contributed by atoms with van der Waals surface area (Å²) in [5.41, 5.74) is 0.321. The van der Waals surface area contributed by atoms with Gasteiger partial charge in [0.25, 0.3) is 5.56 Å². The number of hydrogen-bond donors (Lipinski definition) is 1. The summed E-state index contributed by atoms with van der Waals surface area (Å²) in [5, 5.41) is 3.36. The molecule has 0 saturated heterocycles. The first-order valence-corrected chi connectivity index (χ1v) is 9.52. The number of hydrogen-bond acceptors (Lipinski definition) is 3. The van der Waals surface area contributed by atoms with Crippen LogP contribution in [0.25, 0.3) is 10.9 Å². The Hall–Kier alpha value is -3.15. The van der Waals surface area contributed by atoms with Gasteiger partial charge in [-0.1, -0.05) is 56.3 Å². The second-order valence-electron chi connectivity index (χ2n) is 7.17. The Labute approximate surface area is 163 Å². The number of carbonyl (C=O) groups is 1. The Kier molecular flexibility index (Phi) is 5.78. The molecule has 0 aliphatic carbocycles. The lowest BCUT2D eigenvalue weighted by atomic mass is 10.0. The maximum Gasteiger partial charge on any atom is 0.332 e. The lowest BCUT2D eigenvalue weighted by Gasteiger charge is -2.23. The summed E-state index contributed by atoms with van der Waals surface area (Å²) in [4.78, 5) is 39.1. The molecule has 3 aromatic rings. The number of amides is 1. The minimum Gasteiger partial charge on any atom is -0.354 e. The molecule has 0 aliphatic rings. The van der Waals surface area contributed by atoms with Crippen molar-refractivity contribution >= 4 is 16.8 Å². The van der Waals surface area contributed by atoms with E-state index in [0.717, 1.165) is 0 Å². The third-order valence-electron chi connectivity index (χ3n) is 4.70. The topological polar surface area (TPSA) is 73.1 Å². The van der Waals surface area contributed by atoms with Crippen LogP contribution in [0, 0.1) is 5.92 Å². The molecule has 1 amide bonds. The minimum atomic E-state index is -0.865. The summed E-state index contributed by atoms with van der Waals surface area (Å²) in [7, 11) is 0. The van der Waals surface area contributed by atoms with E-state index in [0.29, 0.717) is 23.0 Å². The van der Waals surface area contributed by atoms with E-state index in [1.165, 1.54) is 9.13 Å². The molecule has 0 bridgehead atoms. The fraction of sp³-hybridized carbons (Fsp3) is 0.318. The highest BCUT2D eigenvalue weighted by Crippen LogP contribution is 2.21. The number of nitrogens with one attached hydrogen (secondary N) is 1. The van der Waals surface area contributed by atoms with Gasteiger partial charge in [-0.05, 0) is 30.5 Å². The summed E-state index contributed by atoms with van der Waals surface area (Å²) in [6.07, 6.45) is 0. The molecule has 0 radical (unpaired) electrons. The van der Waals surface area contributed by atoms with Crippen LogP contribution in [0.3, 0.4) is 0 Å². The molecule has 1 N–H and O–H groups in total. The van der Waals surface area contributed by atoms with Crippen molar-refractivity contribution in [1.29, 1.82) is 0 Å². The van der Waals surface area contributed by atoms with E-state index in [2.05, 4.69) is 5.32 Å². The van der Waals surface area contributed by atoms with Crippen LogP contribution in [0.5, 0.6) is 0 Å². The Morgan fingerprint density at radius 2 is 1.64 bits per heavy atom. The summed E-state index contributed by atoms with van der Waals surface area (Å²) >= 11 is 0. The maximum absolute atomic E-state index is 13.2. The molecular formula is C22H25N3O3. The van der Waals surface area contributed by atoms with Crippen molar-refractivity contribution in [2.75, 3.05) is 6.54 Å². The monoisotopic (exact) mass is 379 g/mol. The normalized spacial score (nSPS) is 12.3. The van der Waals surface area contributed by atoms with Gasteiger partial charge in [-0.25, -0.2) is 4.79 Å². The van der Waals surface area contributed by atoms with E-state index < -0.39 is 11.7 Å². The standard InChI is InChI=1S/C22H25N3O3/c1-4-24-21(27)17-12-8-9-13-18(17)25(22(24)28)19(16-10-6-5-7-11-16)20(26)23-14-15(2)3/h5-13,15,19H,4,14H2,1-3H3,(H,23,26)/t19-/m1/s1. The molecule has 146 valence electrons. The van der Waals surface area contributed by atoms with Crippen molar-refractivity contribution in [3.05, 3.63) is 81.0 Å². The lowest BCUT2D eigenvalue weighted by molar-refractivity contribution is -0.123. The van der Waals surface area contributed by atoms with Gasteiger partial charge in [-0.3, -0.25) is 18.7 Å². The van der Waals surface area contributed by atoms with Crippen LogP contribution in [-0.4, -0.2) is 21.6 Å². The summed E-state index contributed by atoms with van der Waals surface area (Å²) in [6.45, 7) is 6.51. The van der Waals surface area contributed by atoms with E-state index >= 15 is 0 Å². The summed E-state index contributed by atoms with van der Waals surface area (Å²) in [6, 6.07) is 15.2. The van der Waals surface area contributed by atoms with Gasteiger partial charge < -0.3 is 5.32 Å². The highest BCUT2D eigenvalue weighted by atomic mass is 16.2. The molecule has 6 nitrogen and oxygen atoms in total. The van der Waals surface area contributed by atoms with Gasteiger partial charge in [0.05, 0.1) is 10.9 Å². The molecule has 0 fully saturated rings. The molecule has 1 heterocycles. The molecule has 0 aliphatic heterocycles. The van der Waals surface area contributed by atoms with Crippen molar-refractivity contribution in [3.63, 3.8) is 0 Å². The molecule has 3 rings (SSSR count). The molecule has 0 unspecified atom stereocenters. The van der Waals surface area contributed by atoms with Gasteiger partial charge in [0.1, 0.15) is 6.04 Å². The molecule has 2 aromatic carbocycles. The van der Waals surface area contributed by atoms with Crippen LogP contribution in [-0.2, 0) is 11.3 Å². The fourth-order valence-electron chi connectivity index (χ4n) is 3.31. The van der Waals surface area contributed by atoms with Gasteiger partial charge >= 0.3 is 5.69 Å². The predicted octanol–water partition coefficient (Wildman–Crippen LogP) is 2.54. The second-order valence-corrected chi connectivity index (χ2v) is 7.17. The van der Waals surface area contributed by atoms with Gasteiger partial charge in [0.2, 0.25) is 5.91 Å². The number of aromatic nitrogens is 2. The van der Waals surface area contributed by atoms with Gasteiger partial charge in [-0.15, -0.1) is 0 Å². The number of nitrogens with zero attached hydrogens (tertiary/aromatic N) is 2. The zero-order valence-corrected chi connectivity index (χ0v) is 16.4. The van der Waals surface area contributed by atoms with Gasteiger partial charge in [0, 0.05) is 13.1 Å². The highest BCUT2D eigenvalue weighted by molar-refractivity contribution is 5.87. The molecule has 1 atom stereocenters. The van der Waals surface area contributed by atoms with E-state index in [1.807, 2.05) is 44.2 Å². The second kappa shape index (κ2) is 8.25. The fourth-order valence-corrected chi connectivity index (χ4v) is 3.31. The van der Waals surface area contributed by atoms with Crippen LogP contribution in [0.2, 0.25) is 0 Å². The van der Waals surface area contributed by atoms with Crippen molar-refractivity contribution < 1.29 is 4.79 Å². The van der Waals surface area contributed by atoms with E-state index in [4.69, 9.17) is 0 Å². The Morgan fingerprint density at radius 1 is 1.00 bits per heavy atom. The first-order valence-electron chi connectivity index (χ1n) is 9.52. The van der Waals surface area contributed by atoms with E-state index in [-0.39, 0.29) is 23.9 Å². The molecular weight excluding hydrogens is 354 g/mol. The number of benzene rings is 2. The number of fused-ring (bicyclic) bond motifs is 1. The van der Waals surface area contributed by atoms with Crippen LogP contribution >= 0.6 is 0 Å². The summed E-state index contributed by atoms with van der Waals surface area (Å²) < 4.78 is 2.61. The Bertz CT molecular complexity index is 1100. The van der Waals surface area contributed by atoms with Crippen molar-refractivity contribution in [2.45, 2.75) is 33.4 Å². The average molecular weight is 379 g/mol. The Morgan fingerprint density at radius 3 is 2.29 bits per heavy atom. The average Bonchev–Trinajstić information content (AvgIpc) is 2.70. The third kappa shape index (κ3) is 3.63. The van der Waals surface area contributed by atoms with E-state index in [9.17, 15) is 14.4 Å². The van der Waals surface area contributed by atoms with Crippen LogP contribution in [0.1, 0.15) is 32.4 Å². The summed E-state index contributed by atoms with van der Waals surface area (Å²) in [5.74, 6) is 0.00638. The van der Waals surface area contributed by atoms with Gasteiger partial charge in [0.15, 0.2) is 0 Å². The van der Waals surface area contributed by atoms with Crippen LogP contribution in [0.15, 0.2) is 64.2 Å². The number of rotatable bonds is 6. The number of carbonyl (C=O) groups excluding carboxylic acids is 1. The third-order valence-corrected chi connectivity index (χ3v) is 4.70. The Balaban J connectivity index is 2.32. The van der Waals surface area contributed by atoms with Crippen molar-refractivity contribution in [3.8, 4) is 0 Å². The lowest BCUT2D eigenvalue weighted by Crippen LogP contribution is -2.45. The molecule has 1 aromatic heterocycles. The molecule has 6 heteroatoms. The first-order chi connectivity index (χ1) is 13.5. The maximum atomic E-state index is 13.2. The zero-order valence-electron chi connectivity index (χ0n) is 16.4.